The fraction of sp³-hybridized carbons (Fsp3) is 1.00. The van der Waals surface area contributed by atoms with Crippen LogP contribution >= 0.6 is 0 Å². The van der Waals surface area contributed by atoms with Crippen LogP contribution in [0.2, 0.25) is 0 Å². The topological polar surface area (TPSA) is 29.3 Å². The van der Waals surface area contributed by atoms with Gasteiger partial charge in [-0.15, -0.1) is 0 Å². The second kappa shape index (κ2) is 21.0. The van der Waals surface area contributed by atoms with Crippen molar-refractivity contribution in [3.05, 3.63) is 0 Å². The van der Waals surface area contributed by atoms with E-state index in [1.54, 1.807) is 0 Å². The number of hydrogen-bond acceptors (Lipinski definition) is 2. The van der Waals surface area contributed by atoms with Crippen molar-refractivity contribution in [2.75, 3.05) is 26.7 Å². The van der Waals surface area contributed by atoms with Gasteiger partial charge in [-0.1, -0.05) is 103 Å². The molecule has 0 amide bonds. The first-order valence-corrected chi connectivity index (χ1v) is 11.2. The van der Waals surface area contributed by atoms with Gasteiger partial charge in [0.05, 0.1) is 0 Å². The van der Waals surface area contributed by atoms with E-state index in [0.717, 1.165) is 19.5 Å². The summed E-state index contributed by atoms with van der Waals surface area (Å²) in [6.07, 6.45) is 24.3. The molecule has 24 heavy (non-hydrogen) atoms. The van der Waals surface area contributed by atoms with Crippen LogP contribution in [0, 0.1) is 0 Å². The van der Waals surface area contributed by atoms with Crippen molar-refractivity contribution in [1.29, 1.82) is 0 Å². The molecule has 0 aromatic heterocycles. The molecule has 0 aliphatic carbocycles. The van der Waals surface area contributed by atoms with Gasteiger partial charge in [0.15, 0.2) is 0 Å². The standard InChI is InChI=1S/C22H48N2/c1-3-4-5-6-7-8-9-10-11-12-13-14-15-16-17-18-21-24(2)22-19-20-23/h3-23H2,1-2H3. The zero-order valence-electron chi connectivity index (χ0n) is 17.2. The van der Waals surface area contributed by atoms with Gasteiger partial charge >= 0.3 is 0 Å². The van der Waals surface area contributed by atoms with E-state index in [-0.39, 0.29) is 0 Å². The maximum atomic E-state index is 5.54. The number of hydrogen-bond donors (Lipinski definition) is 1. The predicted octanol–water partition coefficient (Wildman–Crippen LogP) is 6.53. The zero-order chi connectivity index (χ0) is 17.7. The van der Waals surface area contributed by atoms with Crippen LogP contribution in [0.4, 0.5) is 0 Å². The van der Waals surface area contributed by atoms with Crippen molar-refractivity contribution in [2.24, 2.45) is 5.73 Å². The first-order chi connectivity index (χ1) is 11.8. The van der Waals surface area contributed by atoms with Gasteiger partial charge in [-0.2, -0.15) is 0 Å². The Labute approximate surface area is 154 Å². The van der Waals surface area contributed by atoms with Crippen LogP contribution in [-0.2, 0) is 0 Å². The Hall–Kier alpha value is -0.0800. The third-order valence-corrected chi connectivity index (χ3v) is 5.14. The Kier molecular flexibility index (Phi) is 20.9. The van der Waals surface area contributed by atoms with Crippen molar-refractivity contribution in [2.45, 2.75) is 116 Å². The molecular formula is C22H48N2. The van der Waals surface area contributed by atoms with Crippen molar-refractivity contribution in [3.63, 3.8) is 0 Å². The Bertz CT molecular complexity index is 218. The largest absolute Gasteiger partial charge is 0.330 e. The Morgan fingerprint density at radius 3 is 1.21 bits per heavy atom. The molecule has 0 heterocycles. The lowest BCUT2D eigenvalue weighted by Crippen LogP contribution is -2.22. The van der Waals surface area contributed by atoms with Crippen molar-refractivity contribution in [3.8, 4) is 0 Å². The third-order valence-electron chi connectivity index (χ3n) is 5.14. The second-order valence-electron chi connectivity index (χ2n) is 7.75. The summed E-state index contributed by atoms with van der Waals surface area (Å²) in [7, 11) is 2.22. The molecule has 0 rings (SSSR count). The summed E-state index contributed by atoms with van der Waals surface area (Å²) in [6, 6.07) is 0. The molecule has 0 aliphatic heterocycles. The fourth-order valence-electron chi connectivity index (χ4n) is 3.40. The van der Waals surface area contributed by atoms with E-state index < -0.39 is 0 Å². The molecule has 2 heteroatoms. The maximum Gasteiger partial charge on any atom is -0.000977 e. The first kappa shape index (κ1) is 23.9. The van der Waals surface area contributed by atoms with Gasteiger partial charge in [0.2, 0.25) is 0 Å². The van der Waals surface area contributed by atoms with Gasteiger partial charge in [-0.3, -0.25) is 0 Å². The van der Waals surface area contributed by atoms with Crippen LogP contribution < -0.4 is 5.73 Å². The SMILES string of the molecule is CCCCCCCCCCCCCCCCCCN(C)CCCN. The van der Waals surface area contributed by atoms with Gasteiger partial charge in [-0.25, -0.2) is 0 Å². The van der Waals surface area contributed by atoms with E-state index >= 15 is 0 Å². The summed E-state index contributed by atoms with van der Waals surface area (Å²) in [4.78, 5) is 2.43. The number of unbranched alkanes of at least 4 members (excludes halogenated alkanes) is 15. The van der Waals surface area contributed by atoms with Crippen molar-refractivity contribution in [1.82, 2.24) is 4.90 Å². The summed E-state index contributed by atoms with van der Waals surface area (Å²) < 4.78 is 0. The van der Waals surface area contributed by atoms with E-state index in [9.17, 15) is 0 Å². The highest BCUT2D eigenvalue weighted by molar-refractivity contribution is 4.54. The molecular weight excluding hydrogens is 292 g/mol. The summed E-state index contributed by atoms with van der Waals surface area (Å²) in [5.41, 5.74) is 5.54. The molecule has 0 bridgehead atoms. The smallest absolute Gasteiger partial charge is 0.000977 e. The van der Waals surface area contributed by atoms with Crippen LogP contribution in [0.25, 0.3) is 0 Å². The number of nitrogens with zero attached hydrogens (tertiary/aromatic N) is 1. The second-order valence-corrected chi connectivity index (χ2v) is 7.75. The van der Waals surface area contributed by atoms with Crippen LogP contribution in [0.5, 0.6) is 0 Å². The minimum atomic E-state index is 0.823. The lowest BCUT2D eigenvalue weighted by Gasteiger charge is -2.15. The highest BCUT2D eigenvalue weighted by Gasteiger charge is 1.98. The summed E-state index contributed by atoms with van der Waals surface area (Å²) in [5, 5.41) is 0. The highest BCUT2D eigenvalue weighted by Crippen LogP contribution is 2.13. The third kappa shape index (κ3) is 20.0. The van der Waals surface area contributed by atoms with Crippen LogP contribution in [0.15, 0.2) is 0 Å². The van der Waals surface area contributed by atoms with Gasteiger partial charge in [-0.05, 0) is 39.5 Å². The molecule has 2 N–H and O–H groups in total. The molecule has 146 valence electrons. The minimum absolute atomic E-state index is 0.823. The van der Waals surface area contributed by atoms with E-state index in [1.807, 2.05) is 0 Å². The Balaban J connectivity index is 3.02. The highest BCUT2D eigenvalue weighted by atomic mass is 15.1. The summed E-state index contributed by atoms with van der Waals surface area (Å²) in [6.45, 7) is 5.53. The lowest BCUT2D eigenvalue weighted by molar-refractivity contribution is 0.321. The van der Waals surface area contributed by atoms with Gasteiger partial charge in [0, 0.05) is 0 Å². The fourth-order valence-corrected chi connectivity index (χ4v) is 3.40. The molecule has 0 unspecified atom stereocenters. The number of nitrogens with two attached hydrogens (primary N) is 1. The first-order valence-electron chi connectivity index (χ1n) is 11.2. The zero-order valence-corrected chi connectivity index (χ0v) is 17.2. The average molecular weight is 341 g/mol. The van der Waals surface area contributed by atoms with Gasteiger partial charge in [0.1, 0.15) is 0 Å². The van der Waals surface area contributed by atoms with Gasteiger partial charge in [0.25, 0.3) is 0 Å². The van der Waals surface area contributed by atoms with Gasteiger partial charge < -0.3 is 10.6 Å². The quantitative estimate of drug-likeness (QED) is 0.255. The van der Waals surface area contributed by atoms with Crippen LogP contribution in [-0.4, -0.2) is 31.6 Å². The monoisotopic (exact) mass is 340 g/mol. The minimum Gasteiger partial charge on any atom is -0.330 e. The molecule has 0 atom stereocenters. The Morgan fingerprint density at radius 1 is 0.500 bits per heavy atom. The normalized spacial score (nSPS) is 11.5. The predicted molar refractivity (Wildman–Crippen MR) is 111 cm³/mol. The maximum absolute atomic E-state index is 5.54. The van der Waals surface area contributed by atoms with E-state index in [4.69, 9.17) is 5.73 Å². The molecule has 0 radical (unpaired) electrons. The molecule has 0 aliphatic rings. The molecule has 2 nitrogen and oxygen atoms in total. The average Bonchev–Trinajstić information content (AvgIpc) is 2.59. The lowest BCUT2D eigenvalue weighted by atomic mass is 10.0. The van der Waals surface area contributed by atoms with Crippen molar-refractivity contribution < 1.29 is 0 Å². The van der Waals surface area contributed by atoms with Crippen molar-refractivity contribution >= 4 is 0 Å². The molecule has 0 saturated carbocycles. The molecule has 0 aromatic rings. The molecule has 0 saturated heterocycles. The molecule has 0 spiro atoms. The molecule has 0 aromatic carbocycles. The van der Waals surface area contributed by atoms with Crippen LogP contribution in [0.3, 0.4) is 0 Å². The summed E-state index contributed by atoms with van der Waals surface area (Å²) in [5.74, 6) is 0. The van der Waals surface area contributed by atoms with E-state index in [0.29, 0.717) is 0 Å². The van der Waals surface area contributed by atoms with E-state index in [1.165, 1.54) is 109 Å². The van der Waals surface area contributed by atoms with Crippen LogP contribution in [0.1, 0.15) is 116 Å². The number of rotatable bonds is 20. The Morgan fingerprint density at radius 2 is 0.833 bits per heavy atom. The summed E-state index contributed by atoms with van der Waals surface area (Å²) >= 11 is 0. The molecule has 0 fully saturated rings. The van der Waals surface area contributed by atoms with E-state index in [2.05, 4.69) is 18.9 Å².